The van der Waals surface area contributed by atoms with Crippen LogP contribution in [0.15, 0.2) is 41.6 Å². The van der Waals surface area contributed by atoms with Crippen molar-refractivity contribution in [3.8, 4) is 0 Å². The molecule has 0 unspecified atom stereocenters. The summed E-state index contributed by atoms with van der Waals surface area (Å²) in [5.41, 5.74) is -5.05. The molecule has 0 radical (unpaired) electrons. The maximum absolute atomic E-state index is 12.7. The van der Waals surface area contributed by atoms with Crippen molar-refractivity contribution in [2.24, 2.45) is 5.16 Å². The van der Waals surface area contributed by atoms with Gasteiger partial charge in [-0.05, 0) is 30.7 Å². The van der Waals surface area contributed by atoms with Gasteiger partial charge in [0.05, 0.1) is 21.4 Å². The van der Waals surface area contributed by atoms with Crippen LogP contribution in [0.4, 0.5) is 18.9 Å². The standard InChI is InChI=1S/C17H14Cl3F3N2O3S/c1-2-14(24-28-9-10-4-3-5-13(19)16(10)20)12-8-11(18)6-7-15(12)25-29(26,27)17(21,22)23/h3-8,25H,2,9H2,1H3. The summed E-state index contributed by atoms with van der Waals surface area (Å²) >= 11 is 17.9. The summed E-state index contributed by atoms with van der Waals surface area (Å²) in [7, 11) is -5.62. The summed E-state index contributed by atoms with van der Waals surface area (Å²) in [5, 5.41) is 4.69. The molecule has 0 amide bonds. The third-order valence-corrected chi connectivity index (χ3v) is 5.79. The van der Waals surface area contributed by atoms with Gasteiger partial charge < -0.3 is 4.84 Å². The Bertz CT molecular complexity index is 1030. The summed E-state index contributed by atoms with van der Waals surface area (Å²) < 4.78 is 62.6. The molecule has 29 heavy (non-hydrogen) atoms. The summed E-state index contributed by atoms with van der Waals surface area (Å²) in [6.07, 6.45) is 0.213. The highest BCUT2D eigenvalue weighted by Crippen LogP contribution is 2.30. The second-order valence-corrected chi connectivity index (χ2v) is 8.51. The second kappa shape index (κ2) is 9.42. The molecule has 0 atom stereocenters. The van der Waals surface area contributed by atoms with E-state index in [0.717, 1.165) is 6.07 Å². The highest BCUT2D eigenvalue weighted by atomic mass is 35.5. The molecule has 0 spiro atoms. The van der Waals surface area contributed by atoms with Crippen molar-refractivity contribution in [3.63, 3.8) is 0 Å². The average Bonchev–Trinajstić information content (AvgIpc) is 2.63. The largest absolute Gasteiger partial charge is 0.516 e. The molecular weight excluding hydrogens is 476 g/mol. The molecular formula is C17H14Cl3F3N2O3S. The van der Waals surface area contributed by atoms with Crippen molar-refractivity contribution >= 4 is 56.2 Å². The summed E-state index contributed by atoms with van der Waals surface area (Å²) in [6.45, 7) is 1.60. The van der Waals surface area contributed by atoms with Gasteiger partial charge in [-0.15, -0.1) is 0 Å². The number of sulfonamides is 1. The Morgan fingerprint density at radius 1 is 1.17 bits per heavy atom. The predicted octanol–water partition coefficient (Wildman–Crippen LogP) is 6.24. The number of alkyl halides is 3. The van der Waals surface area contributed by atoms with Crippen LogP contribution in [0.1, 0.15) is 24.5 Å². The Labute approximate surface area is 180 Å². The number of oxime groups is 1. The Kier molecular flexibility index (Phi) is 7.67. The van der Waals surface area contributed by atoms with Crippen LogP contribution in [0, 0.1) is 0 Å². The molecule has 12 heteroatoms. The van der Waals surface area contributed by atoms with Crippen LogP contribution in [0.2, 0.25) is 15.1 Å². The third kappa shape index (κ3) is 5.91. The molecule has 0 heterocycles. The topological polar surface area (TPSA) is 67.8 Å². The van der Waals surface area contributed by atoms with Gasteiger partial charge in [-0.3, -0.25) is 4.72 Å². The van der Waals surface area contributed by atoms with Crippen LogP contribution in [-0.4, -0.2) is 19.6 Å². The Morgan fingerprint density at radius 2 is 1.86 bits per heavy atom. The number of nitrogens with one attached hydrogen (secondary N) is 1. The molecule has 0 bridgehead atoms. The molecule has 0 aliphatic rings. The molecule has 158 valence electrons. The summed E-state index contributed by atoms with van der Waals surface area (Å²) in [5.74, 6) is 0. The van der Waals surface area contributed by atoms with Crippen molar-refractivity contribution in [2.45, 2.75) is 25.5 Å². The van der Waals surface area contributed by atoms with E-state index in [1.165, 1.54) is 16.9 Å². The highest BCUT2D eigenvalue weighted by Gasteiger charge is 2.46. The van der Waals surface area contributed by atoms with E-state index in [4.69, 9.17) is 39.6 Å². The lowest BCUT2D eigenvalue weighted by molar-refractivity contribution is -0.0429. The van der Waals surface area contributed by atoms with Gasteiger partial charge in [0.2, 0.25) is 0 Å². The molecule has 0 saturated heterocycles. The number of benzene rings is 2. The van der Waals surface area contributed by atoms with Gasteiger partial charge in [0.1, 0.15) is 6.61 Å². The smallest absolute Gasteiger partial charge is 0.391 e. The molecule has 0 fully saturated rings. The third-order valence-electron chi connectivity index (χ3n) is 3.60. The first-order valence-electron chi connectivity index (χ1n) is 7.97. The Hall–Kier alpha value is -1.68. The fraction of sp³-hybridized carbons (Fsp3) is 0.235. The average molecular weight is 490 g/mol. The van der Waals surface area contributed by atoms with E-state index in [9.17, 15) is 21.6 Å². The molecule has 0 aromatic heterocycles. The van der Waals surface area contributed by atoms with Gasteiger partial charge in [0.15, 0.2) is 0 Å². The molecule has 2 aromatic carbocycles. The fourth-order valence-corrected chi connectivity index (χ4v) is 3.32. The van der Waals surface area contributed by atoms with Gasteiger partial charge in [0.25, 0.3) is 0 Å². The first kappa shape index (κ1) is 23.6. The van der Waals surface area contributed by atoms with Gasteiger partial charge >= 0.3 is 15.5 Å². The fourth-order valence-electron chi connectivity index (χ4n) is 2.19. The minimum atomic E-state index is -5.62. The summed E-state index contributed by atoms with van der Waals surface area (Å²) in [4.78, 5) is 5.26. The zero-order valence-electron chi connectivity index (χ0n) is 14.7. The molecule has 0 aliphatic carbocycles. The molecule has 2 rings (SSSR count). The predicted molar refractivity (Wildman–Crippen MR) is 108 cm³/mol. The van der Waals surface area contributed by atoms with Gasteiger partial charge in [-0.25, -0.2) is 0 Å². The van der Waals surface area contributed by atoms with Gasteiger partial charge in [0, 0.05) is 16.1 Å². The van der Waals surface area contributed by atoms with Crippen molar-refractivity contribution in [1.82, 2.24) is 0 Å². The Balaban J connectivity index is 2.33. The molecule has 0 saturated carbocycles. The normalized spacial score (nSPS) is 12.7. The van der Waals surface area contributed by atoms with Crippen LogP contribution in [0.3, 0.4) is 0 Å². The van der Waals surface area contributed by atoms with E-state index in [-0.39, 0.29) is 40.0 Å². The molecule has 1 N–H and O–H groups in total. The van der Waals surface area contributed by atoms with Crippen LogP contribution >= 0.6 is 34.8 Å². The molecule has 0 aliphatic heterocycles. The molecule has 5 nitrogen and oxygen atoms in total. The van der Waals surface area contributed by atoms with Crippen LogP contribution in [-0.2, 0) is 21.5 Å². The zero-order valence-corrected chi connectivity index (χ0v) is 17.8. The number of rotatable bonds is 7. The quantitative estimate of drug-likeness (QED) is 0.370. The maximum Gasteiger partial charge on any atom is 0.516 e. The van der Waals surface area contributed by atoms with E-state index < -0.39 is 15.5 Å². The highest BCUT2D eigenvalue weighted by molar-refractivity contribution is 7.93. The lowest BCUT2D eigenvalue weighted by Crippen LogP contribution is -2.30. The van der Waals surface area contributed by atoms with E-state index in [0.29, 0.717) is 10.6 Å². The lowest BCUT2D eigenvalue weighted by atomic mass is 10.1. The van der Waals surface area contributed by atoms with E-state index in [1.807, 2.05) is 0 Å². The van der Waals surface area contributed by atoms with E-state index in [2.05, 4.69) is 5.16 Å². The Morgan fingerprint density at radius 3 is 2.48 bits per heavy atom. The summed E-state index contributed by atoms with van der Waals surface area (Å²) in [6, 6.07) is 8.57. The van der Waals surface area contributed by atoms with E-state index >= 15 is 0 Å². The SMILES string of the molecule is CCC(=NOCc1cccc(Cl)c1Cl)c1cc(Cl)ccc1NS(=O)(=O)C(F)(F)F. The monoisotopic (exact) mass is 488 g/mol. The maximum atomic E-state index is 12.7. The number of hydrogen-bond donors (Lipinski definition) is 1. The van der Waals surface area contributed by atoms with Crippen molar-refractivity contribution in [3.05, 3.63) is 62.6 Å². The first-order chi connectivity index (χ1) is 13.5. The minimum Gasteiger partial charge on any atom is -0.391 e. The van der Waals surface area contributed by atoms with E-state index in [1.54, 1.807) is 25.1 Å². The van der Waals surface area contributed by atoms with Crippen molar-refractivity contribution in [2.75, 3.05) is 4.72 Å². The number of nitrogens with zero attached hydrogens (tertiary/aromatic N) is 1. The van der Waals surface area contributed by atoms with Crippen molar-refractivity contribution in [1.29, 1.82) is 0 Å². The lowest BCUT2D eigenvalue weighted by Gasteiger charge is -2.15. The van der Waals surface area contributed by atoms with Crippen LogP contribution in [0.5, 0.6) is 0 Å². The number of hydrogen-bond acceptors (Lipinski definition) is 4. The minimum absolute atomic E-state index is 0.0463. The first-order valence-corrected chi connectivity index (χ1v) is 10.6. The second-order valence-electron chi connectivity index (χ2n) is 5.62. The number of anilines is 1. The van der Waals surface area contributed by atoms with Gasteiger partial charge in [-0.1, -0.05) is 59.0 Å². The molecule has 2 aromatic rings. The van der Waals surface area contributed by atoms with Crippen LogP contribution < -0.4 is 4.72 Å². The van der Waals surface area contributed by atoms with Crippen LogP contribution in [0.25, 0.3) is 0 Å². The number of halogens is 6. The van der Waals surface area contributed by atoms with Gasteiger partial charge in [-0.2, -0.15) is 21.6 Å². The zero-order chi connectivity index (χ0) is 21.8. The van der Waals surface area contributed by atoms with Crippen molar-refractivity contribution < 1.29 is 26.4 Å².